The molecular weight excluding hydrogens is 264 g/mol. The van der Waals surface area contributed by atoms with Gasteiger partial charge in [-0.2, -0.15) is 5.10 Å². The summed E-state index contributed by atoms with van der Waals surface area (Å²) in [6, 6.07) is 13.8. The molecule has 0 saturated carbocycles. The summed E-state index contributed by atoms with van der Waals surface area (Å²) in [5, 5.41) is 5.41. The molecular formula is C17H16N2O2. The summed E-state index contributed by atoms with van der Waals surface area (Å²) in [4.78, 5) is 11.6. The Bertz CT molecular complexity index is 788. The second-order valence-corrected chi connectivity index (χ2v) is 5.05. The highest BCUT2D eigenvalue weighted by molar-refractivity contribution is 5.94. The van der Waals surface area contributed by atoms with E-state index in [9.17, 15) is 4.79 Å². The topological polar surface area (TPSA) is 44.1 Å². The highest BCUT2D eigenvalue weighted by atomic mass is 16.5. The van der Waals surface area contributed by atoms with Crippen molar-refractivity contribution >= 4 is 16.9 Å². The molecule has 3 aromatic rings. The maximum absolute atomic E-state index is 11.6. The van der Waals surface area contributed by atoms with Gasteiger partial charge in [-0.05, 0) is 24.6 Å². The first-order valence-electron chi connectivity index (χ1n) is 6.77. The third-order valence-electron chi connectivity index (χ3n) is 3.52. The van der Waals surface area contributed by atoms with E-state index in [1.807, 2.05) is 23.0 Å². The number of carbonyl (C=O) groups is 1. The van der Waals surface area contributed by atoms with E-state index in [1.165, 1.54) is 18.2 Å². The van der Waals surface area contributed by atoms with Crippen molar-refractivity contribution in [2.75, 3.05) is 7.11 Å². The molecule has 106 valence electrons. The van der Waals surface area contributed by atoms with Crippen molar-refractivity contribution in [2.24, 2.45) is 0 Å². The van der Waals surface area contributed by atoms with Crippen LogP contribution in [0.1, 0.15) is 21.5 Å². The Morgan fingerprint density at radius 1 is 1.19 bits per heavy atom. The van der Waals surface area contributed by atoms with Crippen LogP contribution in [0.4, 0.5) is 0 Å². The van der Waals surface area contributed by atoms with Crippen LogP contribution in [0.5, 0.6) is 0 Å². The van der Waals surface area contributed by atoms with Crippen molar-refractivity contribution in [3.8, 4) is 0 Å². The molecule has 0 bridgehead atoms. The van der Waals surface area contributed by atoms with E-state index in [0.29, 0.717) is 12.1 Å². The van der Waals surface area contributed by atoms with Crippen molar-refractivity contribution in [3.05, 3.63) is 65.4 Å². The summed E-state index contributed by atoms with van der Waals surface area (Å²) < 4.78 is 6.66. The lowest BCUT2D eigenvalue weighted by atomic mass is 10.1. The molecule has 0 N–H and O–H groups in total. The number of benzene rings is 2. The number of methoxy groups -OCH3 is 1. The molecule has 21 heavy (non-hydrogen) atoms. The second-order valence-electron chi connectivity index (χ2n) is 5.05. The van der Waals surface area contributed by atoms with Crippen molar-refractivity contribution in [3.63, 3.8) is 0 Å². The molecule has 0 atom stereocenters. The minimum atomic E-state index is -0.333. The smallest absolute Gasteiger partial charge is 0.337 e. The lowest BCUT2D eigenvalue weighted by molar-refractivity contribution is 0.0601. The number of carbonyl (C=O) groups excluding carboxylic acids is 1. The molecule has 0 aliphatic heterocycles. The minimum Gasteiger partial charge on any atom is -0.465 e. The number of nitrogens with zero attached hydrogens (tertiary/aromatic N) is 2. The molecule has 2 aromatic carbocycles. The monoisotopic (exact) mass is 280 g/mol. The van der Waals surface area contributed by atoms with Gasteiger partial charge < -0.3 is 4.74 Å². The lowest BCUT2D eigenvalue weighted by Crippen LogP contribution is -2.04. The first kappa shape index (κ1) is 13.4. The van der Waals surface area contributed by atoms with Crippen molar-refractivity contribution in [2.45, 2.75) is 13.5 Å². The Labute approximate surface area is 123 Å². The molecule has 0 saturated heterocycles. The van der Waals surface area contributed by atoms with E-state index in [4.69, 9.17) is 4.74 Å². The zero-order chi connectivity index (χ0) is 14.8. The maximum Gasteiger partial charge on any atom is 0.337 e. The Balaban J connectivity index is 1.98. The van der Waals surface area contributed by atoms with Gasteiger partial charge in [0.05, 0.1) is 30.9 Å². The quantitative estimate of drug-likeness (QED) is 0.692. The normalized spacial score (nSPS) is 10.8. The number of hydrogen-bond acceptors (Lipinski definition) is 3. The van der Waals surface area contributed by atoms with Crippen LogP contribution < -0.4 is 0 Å². The van der Waals surface area contributed by atoms with Gasteiger partial charge in [0.15, 0.2) is 0 Å². The molecule has 0 radical (unpaired) electrons. The molecule has 0 aliphatic rings. The van der Waals surface area contributed by atoms with Gasteiger partial charge in [0.25, 0.3) is 0 Å². The van der Waals surface area contributed by atoms with Crippen molar-refractivity contribution in [1.29, 1.82) is 0 Å². The average molecular weight is 280 g/mol. The van der Waals surface area contributed by atoms with Gasteiger partial charge in [-0.15, -0.1) is 0 Å². The maximum atomic E-state index is 11.6. The number of fused-ring (bicyclic) bond motifs is 1. The number of esters is 1. The van der Waals surface area contributed by atoms with Gasteiger partial charge in [0, 0.05) is 5.39 Å². The van der Waals surface area contributed by atoms with Gasteiger partial charge in [0.1, 0.15) is 0 Å². The number of hydrogen-bond donors (Lipinski definition) is 0. The minimum absolute atomic E-state index is 0.333. The van der Waals surface area contributed by atoms with Gasteiger partial charge in [-0.3, -0.25) is 4.68 Å². The summed E-state index contributed by atoms with van der Waals surface area (Å²) in [6.45, 7) is 2.74. The third kappa shape index (κ3) is 2.65. The predicted molar refractivity (Wildman–Crippen MR) is 81.4 cm³/mol. The highest BCUT2D eigenvalue weighted by Gasteiger charge is 2.09. The van der Waals surface area contributed by atoms with Crippen LogP contribution in [0.3, 0.4) is 0 Å². The van der Waals surface area contributed by atoms with Crippen LogP contribution in [0.2, 0.25) is 0 Å². The number of aromatic nitrogens is 2. The van der Waals surface area contributed by atoms with Crippen LogP contribution >= 0.6 is 0 Å². The summed E-state index contributed by atoms with van der Waals surface area (Å²) in [6.07, 6.45) is 1.81. The van der Waals surface area contributed by atoms with Gasteiger partial charge >= 0.3 is 5.97 Å². The Morgan fingerprint density at radius 3 is 2.67 bits per heavy atom. The van der Waals surface area contributed by atoms with Crippen LogP contribution in [0, 0.1) is 6.92 Å². The fourth-order valence-electron chi connectivity index (χ4n) is 2.31. The SMILES string of the molecule is COC(=O)c1ccc2cnn(Cc3ccc(C)cc3)c2c1. The molecule has 0 unspecified atom stereocenters. The third-order valence-corrected chi connectivity index (χ3v) is 3.52. The van der Waals surface area contributed by atoms with Crippen LogP contribution in [-0.4, -0.2) is 22.9 Å². The summed E-state index contributed by atoms with van der Waals surface area (Å²) in [7, 11) is 1.39. The van der Waals surface area contributed by atoms with Crippen LogP contribution in [-0.2, 0) is 11.3 Å². The highest BCUT2D eigenvalue weighted by Crippen LogP contribution is 2.18. The molecule has 0 fully saturated rings. The Morgan fingerprint density at radius 2 is 1.95 bits per heavy atom. The first-order chi connectivity index (χ1) is 10.2. The Kier molecular flexibility index (Phi) is 3.44. The van der Waals surface area contributed by atoms with Gasteiger partial charge in [-0.25, -0.2) is 4.79 Å². The summed E-state index contributed by atoms with van der Waals surface area (Å²) in [5.74, 6) is -0.333. The standard InChI is InChI=1S/C17H16N2O2/c1-12-3-5-13(6-4-12)11-19-16-9-14(17(20)21-2)7-8-15(16)10-18-19/h3-10H,11H2,1-2H3. The lowest BCUT2D eigenvalue weighted by Gasteiger charge is -2.05. The zero-order valence-corrected chi connectivity index (χ0v) is 12.0. The van der Waals surface area contributed by atoms with Crippen molar-refractivity contribution < 1.29 is 9.53 Å². The van der Waals surface area contributed by atoms with E-state index in [-0.39, 0.29) is 5.97 Å². The number of rotatable bonds is 3. The first-order valence-corrected chi connectivity index (χ1v) is 6.77. The predicted octanol–water partition coefficient (Wildman–Crippen LogP) is 3.18. The van der Waals surface area contributed by atoms with E-state index in [2.05, 4.69) is 36.3 Å². The second kappa shape index (κ2) is 5.40. The van der Waals surface area contributed by atoms with Gasteiger partial charge in [0.2, 0.25) is 0 Å². The number of aryl methyl sites for hydroxylation is 1. The largest absolute Gasteiger partial charge is 0.465 e. The molecule has 1 heterocycles. The Hall–Kier alpha value is -2.62. The van der Waals surface area contributed by atoms with E-state index in [0.717, 1.165) is 10.9 Å². The molecule has 0 aliphatic carbocycles. The van der Waals surface area contributed by atoms with Gasteiger partial charge in [-0.1, -0.05) is 35.9 Å². The molecule has 0 amide bonds. The van der Waals surface area contributed by atoms with Crippen LogP contribution in [0.25, 0.3) is 10.9 Å². The summed E-state index contributed by atoms with van der Waals surface area (Å²) in [5.41, 5.74) is 3.88. The van der Waals surface area contributed by atoms with E-state index in [1.54, 1.807) is 6.07 Å². The molecule has 0 spiro atoms. The average Bonchev–Trinajstić information content (AvgIpc) is 2.91. The van der Waals surface area contributed by atoms with Crippen molar-refractivity contribution in [1.82, 2.24) is 9.78 Å². The fraction of sp³-hybridized carbons (Fsp3) is 0.176. The molecule has 4 heteroatoms. The molecule has 4 nitrogen and oxygen atoms in total. The fourth-order valence-corrected chi connectivity index (χ4v) is 2.31. The summed E-state index contributed by atoms with van der Waals surface area (Å²) >= 11 is 0. The molecule has 3 rings (SSSR count). The van der Waals surface area contributed by atoms with Crippen LogP contribution in [0.15, 0.2) is 48.7 Å². The van der Waals surface area contributed by atoms with E-state index >= 15 is 0 Å². The number of ether oxygens (including phenoxy) is 1. The van der Waals surface area contributed by atoms with E-state index < -0.39 is 0 Å². The molecule has 1 aromatic heterocycles. The zero-order valence-electron chi connectivity index (χ0n) is 12.0.